The van der Waals surface area contributed by atoms with Crippen LogP contribution in [0.1, 0.15) is 0 Å². The lowest BCUT2D eigenvalue weighted by Gasteiger charge is -2.10. The maximum absolute atomic E-state index is 8.67. The Labute approximate surface area is 61.9 Å². The zero-order chi connectivity index (χ0) is 7.82. The molecule has 1 rings (SSSR count). The van der Waals surface area contributed by atoms with E-state index in [0.29, 0.717) is 0 Å². The highest BCUT2D eigenvalue weighted by Gasteiger charge is 1.92. The Morgan fingerprint density at radius 1 is 1.30 bits per heavy atom. The molecule has 0 atom stereocenters. The van der Waals surface area contributed by atoms with Gasteiger partial charge in [0.05, 0.1) is 13.2 Å². The van der Waals surface area contributed by atoms with Gasteiger partial charge in [-0.1, -0.05) is 0 Å². The topological polar surface area (TPSA) is 78.8 Å². The van der Waals surface area contributed by atoms with Crippen molar-refractivity contribution in [3.05, 3.63) is 0 Å². The first-order valence-electron chi connectivity index (χ1n) is 2.82. The van der Waals surface area contributed by atoms with Crippen LogP contribution in [0, 0.1) is 0 Å². The summed E-state index contributed by atoms with van der Waals surface area (Å²) in [6, 6.07) is 0. The first kappa shape index (κ1) is 9.99. The molecule has 62 valence electrons. The highest BCUT2D eigenvalue weighted by atomic mass is 32.2. The number of rotatable bonds is 0. The van der Waals surface area contributed by atoms with Crippen molar-refractivity contribution in [3.63, 3.8) is 0 Å². The van der Waals surface area contributed by atoms with Gasteiger partial charge in [-0.25, -0.2) is 0 Å². The summed E-state index contributed by atoms with van der Waals surface area (Å²) in [5.41, 5.74) is 0. The van der Waals surface area contributed by atoms with Crippen molar-refractivity contribution in [2.24, 2.45) is 0 Å². The van der Waals surface area contributed by atoms with Crippen molar-refractivity contribution in [1.29, 1.82) is 0 Å². The van der Waals surface area contributed by atoms with Crippen LogP contribution in [0.5, 0.6) is 0 Å². The van der Waals surface area contributed by atoms with E-state index in [1.165, 1.54) is 0 Å². The second-order valence-electron chi connectivity index (χ2n) is 1.59. The van der Waals surface area contributed by atoms with Crippen molar-refractivity contribution >= 4 is 11.4 Å². The maximum atomic E-state index is 8.67. The molecule has 1 aliphatic heterocycles. The van der Waals surface area contributed by atoms with Gasteiger partial charge < -0.3 is 10.1 Å². The summed E-state index contributed by atoms with van der Waals surface area (Å²) in [5, 5.41) is 3.16. The summed E-state index contributed by atoms with van der Waals surface area (Å²) in [6.07, 6.45) is 0. The minimum Gasteiger partial charge on any atom is -0.379 e. The number of nitrogens with one attached hydrogen (secondary N) is 1. The Bertz CT molecular complexity index is 79.7. The normalized spacial score (nSPS) is 17.9. The third-order valence-corrected chi connectivity index (χ3v) is 0.846. The lowest BCUT2D eigenvalue weighted by molar-refractivity contribution is 0.109. The molecular formula is C4H11NO4S. The Balaban J connectivity index is 0.000000180. The number of ether oxygens (including phenoxy) is 1. The molecule has 5 nitrogen and oxygen atoms in total. The smallest absolute Gasteiger partial charge is 0.299 e. The van der Waals surface area contributed by atoms with Crippen molar-refractivity contribution in [2.75, 3.05) is 26.3 Å². The van der Waals surface area contributed by atoms with Crippen LogP contribution in [0.15, 0.2) is 0 Å². The molecule has 0 spiro atoms. The summed E-state index contributed by atoms with van der Waals surface area (Å²) >= 11 is -2.61. The summed E-state index contributed by atoms with van der Waals surface area (Å²) in [6.45, 7) is 3.83. The van der Waals surface area contributed by atoms with Crippen LogP contribution in [0.25, 0.3) is 0 Å². The van der Waals surface area contributed by atoms with Gasteiger partial charge in [-0.3, -0.25) is 9.11 Å². The highest BCUT2D eigenvalue weighted by Crippen LogP contribution is 1.76. The molecule has 6 heteroatoms. The summed E-state index contributed by atoms with van der Waals surface area (Å²) in [4.78, 5) is 0. The quantitative estimate of drug-likeness (QED) is 0.417. The average molecular weight is 169 g/mol. The van der Waals surface area contributed by atoms with Crippen LogP contribution in [0.3, 0.4) is 0 Å². The molecule has 0 amide bonds. The van der Waals surface area contributed by atoms with Crippen molar-refractivity contribution in [2.45, 2.75) is 0 Å². The zero-order valence-electron chi connectivity index (χ0n) is 5.45. The molecule has 3 N–H and O–H groups in total. The number of morpholine rings is 1. The van der Waals surface area contributed by atoms with Gasteiger partial charge in [0.25, 0.3) is 11.4 Å². The van der Waals surface area contributed by atoms with Gasteiger partial charge in [0.2, 0.25) is 0 Å². The highest BCUT2D eigenvalue weighted by molar-refractivity contribution is 7.73. The van der Waals surface area contributed by atoms with E-state index in [1.54, 1.807) is 0 Å². The van der Waals surface area contributed by atoms with Crippen LogP contribution >= 0.6 is 0 Å². The van der Waals surface area contributed by atoms with E-state index >= 15 is 0 Å². The second kappa shape index (κ2) is 7.10. The molecule has 10 heavy (non-hydrogen) atoms. The molecule has 0 aromatic carbocycles. The van der Waals surface area contributed by atoms with Gasteiger partial charge in [0.1, 0.15) is 0 Å². The van der Waals surface area contributed by atoms with E-state index in [2.05, 4.69) is 5.32 Å². The lowest BCUT2D eigenvalue weighted by Crippen LogP contribution is -2.30. The van der Waals surface area contributed by atoms with E-state index in [9.17, 15) is 0 Å². The molecule has 1 saturated heterocycles. The Morgan fingerprint density at radius 3 is 1.80 bits per heavy atom. The van der Waals surface area contributed by atoms with Crippen LogP contribution in [0.2, 0.25) is 0 Å². The van der Waals surface area contributed by atoms with Gasteiger partial charge in [0, 0.05) is 13.1 Å². The average Bonchev–Trinajstić information content (AvgIpc) is 1.90. The predicted molar refractivity (Wildman–Crippen MR) is 37.1 cm³/mol. The molecule has 0 saturated carbocycles. The summed E-state index contributed by atoms with van der Waals surface area (Å²) in [7, 11) is 0. The van der Waals surface area contributed by atoms with Crippen LogP contribution in [-0.4, -0.2) is 39.6 Å². The largest absolute Gasteiger partial charge is 0.379 e. The minimum absolute atomic E-state index is 0.889. The van der Waals surface area contributed by atoms with Crippen molar-refractivity contribution in [3.8, 4) is 0 Å². The molecule has 0 aliphatic carbocycles. The van der Waals surface area contributed by atoms with Crippen LogP contribution < -0.4 is 5.32 Å². The third-order valence-electron chi connectivity index (χ3n) is 0.846. The first-order chi connectivity index (χ1) is 4.73. The molecule has 1 aliphatic rings. The summed E-state index contributed by atoms with van der Waals surface area (Å²) in [5.74, 6) is 0. The monoisotopic (exact) mass is 169 g/mol. The SMILES string of the molecule is C1COCCN1.O=S(O)O. The van der Waals surface area contributed by atoms with E-state index < -0.39 is 11.4 Å². The number of hydrogen-bond donors (Lipinski definition) is 3. The van der Waals surface area contributed by atoms with Gasteiger partial charge in [-0.15, -0.1) is 0 Å². The fourth-order valence-electron chi connectivity index (χ4n) is 0.516. The maximum Gasteiger partial charge on any atom is 0.299 e. The van der Waals surface area contributed by atoms with E-state index in [4.69, 9.17) is 18.1 Å². The molecule has 1 fully saturated rings. The molecule has 0 radical (unpaired) electrons. The third kappa shape index (κ3) is 10.9. The predicted octanol–water partition coefficient (Wildman–Crippen LogP) is -0.713. The molecular weight excluding hydrogens is 158 g/mol. The van der Waals surface area contributed by atoms with Crippen molar-refractivity contribution in [1.82, 2.24) is 5.32 Å². The minimum atomic E-state index is -2.61. The van der Waals surface area contributed by atoms with Crippen LogP contribution in [-0.2, 0) is 16.1 Å². The summed E-state index contributed by atoms with van der Waals surface area (Å²) < 4.78 is 27.8. The van der Waals surface area contributed by atoms with E-state index in [0.717, 1.165) is 26.3 Å². The molecule has 0 aromatic heterocycles. The van der Waals surface area contributed by atoms with E-state index in [1.807, 2.05) is 0 Å². The molecule has 0 aromatic rings. The molecule has 1 heterocycles. The Morgan fingerprint density at radius 2 is 1.70 bits per heavy atom. The standard InChI is InChI=1S/C4H9NO.H2O3S/c1-3-6-4-2-5-1;1-4(2)3/h5H,1-4H2;(H2,1,2,3). The fourth-order valence-corrected chi connectivity index (χ4v) is 0.516. The Kier molecular flexibility index (Phi) is 7.09. The number of hydrogen-bond acceptors (Lipinski definition) is 3. The molecule has 0 bridgehead atoms. The van der Waals surface area contributed by atoms with Crippen molar-refractivity contribution < 1.29 is 18.1 Å². The molecule has 0 unspecified atom stereocenters. The fraction of sp³-hybridized carbons (Fsp3) is 1.00. The lowest BCUT2D eigenvalue weighted by atomic mass is 10.5. The first-order valence-corrected chi connectivity index (χ1v) is 3.88. The zero-order valence-corrected chi connectivity index (χ0v) is 6.26. The second-order valence-corrected chi connectivity index (χ2v) is 2.05. The van der Waals surface area contributed by atoms with Gasteiger partial charge in [-0.05, 0) is 0 Å². The van der Waals surface area contributed by atoms with Crippen LogP contribution in [0.4, 0.5) is 0 Å². The van der Waals surface area contributed by atoms with E-state index in [-0.39, 0.29) is 0 Å². The van der Waals surface area contributed by atoms with Gasteiger partial charge in [-0.2, -0.15) is 4.21 Å². The van der Waals surface area contributed by atoms with Gasteiger partial charge >= 0.3 is 0 Å². The Hall–Kier alpha value is -0.0100. The van der Waals surface area contributed by atoms with Gasteiger partial charge in [0.15, 0.2) is 0 Å².